The van der Waals surface area contributed by atoms with Gasteiger partial charge in [-0.05, 0) is 53.9 Å². The molecular formula is C12H16N2S. The van der Waals surface area contributed by atoms with Crippen LogP contribution in [0.5, 0.6) is 0 Å². The van der Waals surface area contributed by atoms with Crippen LogP contribution in [0.2, 0.25) is 0 Å². The summed E-state index contributed by atoms with van der Waals surface area (Å²) < 4.78 is 2.30. The lowest BCUT2D eigenvalue weighted by Crippen LogP contribution is -2.09. The molecule has 0 aliphatic rings. The van der Waals surface area contributed by atoms with E-state index in [1.165, 1.54) is 11.3 Å². The third-order valence-corrected chi connectivity index (χ3v) is 3.28. The molecule has 0 saturated carbocycles. The number of hydrogen-bond donors (Lipinski definition) is 1. The van der Waals surface area contributed by atoms with E-state index in [1.54, 1.807) is 11.3 Å². The van der Waals surface area contributed by atoms with Gasteiger partial charge in [0.25, 0.3) is 0 Å². The van der Waals surface area contributed by atoms with Crippen LogP contribution in [0.1, 0.15) is 11.3 Å². The third kappa shape index (κ3) is 2.70. The molecule has 2 nitrogen and oxygen atoms in total. The lowest BCUT2D eigenvalue weighted by atomic mass is 10.2. The maximum Gasteiger partial charge on any atom is 0.0263 e. The second-order valence-electron chi connectivity index (χ2n) is 3.61. The maximum absolute atomic E-state index is 5.57. The van der Waals surface area contributed by atoms with Gasteiger partial charge in [0.2, 0.25) is 0 Å². The molecule has 0 spiro atoms. The van der Waals surface area contributed by atoms with Gasteiger partial charge in [0.1, 0.15) is 0 Å². The van der Waals surface area contributed by atoms with Crippen LogP contribution < -0.4 is 5.73 Å². The topological polar surface area (TPSA) is 30.9 Å². The first-order valence-corrected chi connectivity index (χ1v) is 6.19. The van der Waals surface area contributed by atoms with Gasteiger partial charge < -0.3 is 10.3 Å². The molecule has 2 N–H and O–H groups in total. The Kier molecular flexibility index (Phi) is 3.59. The zero-order valence-electron chi connectivity index (χ0n) is 8.73. The average molecular weight is 220 g/mol. The lowest BCUT2D eigenvalue weighted by molar-refractivity contribution is 0.662. The number of nitrogens with two attached hydrogens (primary N) is 1. The van der Waals surface area contributed by atoms with Crippen LogP contribution in [-0.4, -0.2) is 11.1 Å². The van der Waals surface area contributed by atoms with Crippen molar-refractivity contribution in [1.29, 1.82) is 0 Å². The molecule has 15 heavy (non-hydrogen) atoms. The highest BCUT2D eigenvalue weighted by Crippen LogP contribution is 2.09. The van der Waals surface area contributed by atoms with Gasteiger partial charge in [-0.15, -0.1) is 0 Å². The van der Waals surface area contributed by atoms with E-state index in [4.69, 9.17) is 5.73 Å². The molecule has 0 bridgehead atoms. The van der Waals surface area contributed by atoms with Crippen LogP contribution in [0, 0.1) is 0 Å². The van der Waals surface area contributed by atoms with E-state index in [0.29, 0.717) is 0 Å². The summed E-state index contributed by atoms with van der Waals surface area (Å²) in [5, 5.41) is 4.35. The summed E-state index contributed by atoms with van der Waals surface area (Å²) in [4.78, 5) is 0. The number of hydrogen-bond acceptors (Lipinski definition) is 2. The van der Waals surface area contributed by atoms with Gasteiger partial charge >= 0.3 is 0 Å². The van der Waals surface area contributed by atoms with Crippen molar-refractivity contribution < 1.29 is 0 Å². The van der Waals surface area contributed by atoms with Gasteiger partial charge in [0.15, 0.2) is 0 Å². The zero-order valence-corrected chi connectivity index (χ0v) is 9.54. The van der Waals surface area contributed by atoms with Gasteiger partial charge in [-0.25, -0.2) is 0 Å². The second kappa shape index (κ2) is 5.14. The van der Waals surface area contributed by atoms with Crippen molar-refractivity contribution in [2.45, 2.75) is 19.4 Å². The summed E-state index contributed by atoms with van der Waals surface area (Å²) in [5.74, 6) is 0. The molecule has 0 unspecified atom stereocenters. The molecule has 0 radical (unpaired) electrons. The molecule has 0 saturated heterocycles. The molecule has 2 heterocycles. The Morgan fingerprint density at radius 3 is 2.93 bits per heavy atom. The molecule has 0 aromatic carbocycles. The normalized spacial score (nSPS) is 10.7. The summed E-state index contributed by atoms with van der Waals surface area (Å²) in [6.07, 6.45) is 4.21. The third-order valence-electron chi connectivity index (χ3n) is 2.55. The average Bonchev–Trinajstić information content (AvgIpc) is 2.85. The molecule has 0 fully saturated rings. The van der Waals surface area contributed by atoms with E-state index in [2.05, 4.69) is 39.7 Å². The summed E-state index contributed by atoms with van der Waals surface area (Å²) in [5.41, 5.74) is 8.33. The van der Waals surface area contributed by atoms with Gasteiger partial charge in [0, 0.05) is 18.4 Å². The summed E-state index contributed by atoms with van der Waals surface area (Å²) >= 11 is 1.76. The van der Waals surface area contributed by atoms with Crippen LogP contribution >= 0.6 is 11.3 Å². The van der Waals surface area contributed by atoms with Crippen LogP contribution in [0.15, 0.2) is 35.2 Å². The van der Waals surface area contributed by atoms with E-state index < -0.39 is 0 Å². The van der Waals surface area contributed by atoms with Crippen LogP contribution in [0.4, 0.5) is 0 Å². The maximum atomic E-state index is 5.57. The van der Waals surface area contributed by atoms with Crippen LogP contribution in [0.3, 0.4) is 0 Å². The number of thiophene rings is 1. The van der Waals surface area contributed by atoms with Crippen molar-refractivity contribution in [3.63, 3.8) is 0 Å². The molecule has 2 aromatic rings. The fourth-order valence-electron chi connectivity index (χ4n) is 1.73. The van der Waals surface area contributed by atoms with E-state index >= 15 is 0 Å². The SMILES string of the molecule is NCCc1cccn1CCc1ccsc1. The molecule has 2 aromatic heterocycles. The minimum absolute atomic E-state index is 0.725. The van der Waals surface area contributed by atoms with Gasteiger partial charge in [-0.1, -0.05) is 0 Å². The Balaban J connectivity index is 1.95. The summed E-state index contributed by atoms with van der Waals surface area (Å²) in [7, 11) is 0. The van der Waals surface area contributed by atoms with E-state index in [0.717, 1.165) is 25.9 Å². The summed E-state index contributed by atoms with van der Waals surface area (Å²) in [6.45, 7) is 1.78. The highest BCUT2D eigenvalue weighted by molar-refractivity contribution is 7.07. The largest absolute Gasteiger partial charge is 0.351 e. The molecular weight excluding hydrogens is 204 g/mol. The number of rotatable bonds is 5. The van der Waals surface area contributed by atoms with Crippen molar-refractivity contribution >= 4 is 11.3 Å². The molecule has 0 aliphatic heterocycles. The smallest absolute Gasteiger partial charge is 0.0263 e. The zero-order chi connectivity index (χ0) is 10.5. The Morgan fingerprint density at radius 2 is 2.20 bits per heavy atom. The van der Waals surface area contributed by atoms with Crippen molar-refractivity contribution in [2.24, 2.45) is 5.73 Å². The Morgan fingerprint density at radius 1 is 1.27 bits per heavy atom. The number of aryl methyl sites for hydroxylation is 2. The van der Waals surface area contributed by atoms with Gasteiger partial charge in [-0.3, -0.25) is 0 Å². The Labute approximate surface area is 94.3 Å². The van der Waals surface area contributed by atoms with Crippen molar-refractivity contribution in [1.82, 2.24) is 4.57 Å². The quantitative estimate of drug-likeness (QED) is 0.823. The van der Waals surface area contributed by atoms with Crippen LogP contribution in [-0.2, 0) is 19.4 Å². The first-order chi connectivity index (χ1) is 7.40. The first-order valence-electron chi connectivity index (χ1n) is 5.25. The standard InChI is InChI=1S/C12H16N2S/c13-6-3-12-2-1-7-14(12)8-4-11-5-9-15-10-11/h1-2,5,7,9-10H,3-4,6,8,13H2. The minimum atomic E-state index is 0.725. The van der Waals surface area contributed by atoms with Gasteiger partial charge in [-0.2, -0.15) is 11.3 Å². The van der Waals surface area contributed by atoms with E-state index in [9.17, 15) is 0 Å². The lowest BCUT2D eigenvalue weighted by Gasteiger charge is -2.07. The molecule has 0 aliphatic carbocycles. The van der Waals surface area contributed by atoms with Crippen molar-refractivity contribution in [2.75, 3.05) is 6.54 Å². The van der Waals surface area contributed by atoms with Crippen molar-refractivity contribution in [3.05, 3.63) is 46.4 Å². The Bertz CT molecular complexity index is 389. The van der Waals surface area contributed by atoms with E-state index in [1.807, 2.05) is 0 Å². The first kappa shape index (κ1) is 10.5. The minimum Gasteiger partial charge on any atom is -0.351 e. The predicted molar refractivity (Wildman–Crippen MR) is 65.2 cm³/mol. The monoisotopic (exact) mass is 220 g/mol. The molecule has 3 heteroatoms. The fourth-order valence-corrected chi connectivity index (χ4v) is 2.43. The number of aromatic nitrogens is 1. The number of nitrogens with zero attached hydrogens (tertiary/aromatic N) is 1. The van der Waals surface area contributed by atoms with Crippen LogP contribution in [0.25, 0.3) is 0 Å². The molecule has 80 valence electrons. The van der Waals surface area contributed by atoms with Crippen molar-refractivity contribution in [3.8, 4) is 0 Å². The Hall–Kier alpha value is -1.06. The second-order valence-corrected chi connectivity index (χ2v) is 4.39. The highest BCUT2D eigenvalue weighted by atomic mass is 32.1. The predicted octanol–water partition coefficient (Wildman–Crippen LogP) is 2.29. The van der Waals surface area contributed by atoms with E-state index in [-0.39, 0.29) is 0 Å². The summed E-state index contributed by atoms with van der Waals surface area (Å²) in [6, 6.07) is 6.44. The highest BCUT2D eigenvalue weighted by Gasteiger charge is 2.00. The molecule has 0 atom stereocenters. The van der Waals surface area contributed by atoms with Gasteiger partial charge in [0.05, 0.1) is 0 Å². The molecule has 2 rings (SSSR count). The molecule has 0 amide bonds. The fraction of sp³-hybridized carbons (Fsp3) is 0.333.